The SMILES string of the molecule is C=CCNC(=NCC(C)(O)CN(C)C)NCCc1ccco1. The lowest BCUT2D eigenvalue weighted by Gasteiger charge is -2.25. The summed E-state index contributed by atoms with van der Waals surface area (Å²) in [4.78, 5) is 6.39. The molecule has 0 saturated heterocycles. The first-order valence-corrected chi connectivity index (χ1v) is 7.45. The highest BCUT2D eigenvalue weighted by Gasteiger charge is 2.21. The molecular formula is C16H28N4O2. The first kappa shape index (κ1) is 18.3. The molecule has 0 spiro atoms. The van der Waals surface area contributed by atoms with Crippen molar-refractivity contribution in [1.29, 1.82) is 0 Å². The van der Waals surface area contributed by atoms with Crippen molar-refractivity contribution in [1.82, 2.24) is 15.5 Å². The third-order valence-corrected chi connectivity index (χ3v) is 2.89. The Morgan fingerprint density at radius 3 is 2.86 bits per heavy atom. The van der Waals surface area contributed by atoms with E-state index in [4.69, 9.17) is 4.42 Å². The third-order valence-electron chi connectivity index (χ3n) is 2.89. The van der Waals surface area contributed by atoms with Gasteiger partial charge in [0.15, 0.2) is 5.96 Å². The van der Waals surface area contributed by atoms with Crippen LogP contribution in [-0.2, 0) is 6.42 Å². The summed E-state index contributed by atoms with van der Waals surface area (Å²) in [7, 11) is 3.85. The van der Waals surface area contributed by atoms with Crippen LogP contribution in [0.25, 0.3) is 0 Å². The van der Waals surface area contributed by atoms with Crippen LogP contribution in [-0.4, -0.2) is 61.8 Å². The normalized spacial score (nSPS) is 14.7. The summed E-state index contributed by atoms with van der Waals surface area (Å²) in [6.07, 6.45) is 4.20. The lowest BCUT2D eigenvalue weighted by molar-refractivity contribution is 0.0423. The summed E-state index contributed by atoms with van der Waals surface area (Å²) >= 11 is 0. The van der Waals surface area contributed by atoms with Crippen LogP contribution in [0.1, 0.15) is 12.7 Å². The molecule has 0 aliphatic carbocycles. The van der Waals surface area contributed by atoms with Gasteiger partial charge in [-0.15, -0.1) is 6.58 Å². The zero-order valence-electron chi connectivity index (χ0n) is 13.8. The van der Waals surface area contributed by atoms with E-state index in [1.165, 1.54) is 0 Å². The molecule has 6 nitrogen and oxygen atoms in total. The lowest BCUT2D eigenvalue weighted by Crippen LogP contribution is -2.43. The second kappa shape index (κ2) is 9.27. The maximum atomic E-state index is 10.3. The van der Waals surface area contributed by atoms with Crippen LogP contribution in [0.4, 0.5) is 0 Å². The number of nitrogens with zero attached hydrogens (tertiary/aromatic N) is 2. The first-order valence-electron chi connectivity index (χ1n) is 7.45. The molecule has 1 heterocycles. The molecule has 0 radical (unpaired) electrons. The number of hydrogen-bond acceptors (Lipinski definition) is 4. The van der Waals surface area contributed by atoms with Gasteiger partial charge in [-0.05, 0) is 33.2 Å². The molecule has 0 aliphatic rings. The van der Waals surface area contributed by atoms with Gasteiger partial charge < -0.3 is 25.1 Å². The molecule has 1 unspecified atom stereocenters. The topological polar surface area (TPSA) is 73.0 Å². The van der Waals surface area contributed by atoms with Crippen molar-refractivity contribution in [2.45, 2.75) is 18.9 Å². The van der Waals surface area contributed by atoms with E-state index >= 15 is 0 Å². The van der Waals surface area contributed by atoms with Gasteiger partial charge in [0, 0.05) is 26.1 Å². The van der Waals surface area contributed by atoms with Gasteiger partial charge >= 0.3 is 0 Å². The largest absolute Gasteiger partial charge is 0.469 e. The van der Waals surface area contributed by atoms with E-state index in [9.17, 15) is 5.11 Å². The standard InChI is InChI=1S/C16H28N4O2/c1-5-9-17-15(18-10-8-14-7-6-11-22-14)19-12-16(2,21)13-20(3)4/h5-7,11,21H,1,8-10,12-13H2,2-4H3,(H2,17,18,19). The van der Waals surface area contributed by atoms with Crippen LogP contribution in [0, 0.1) is 0 Å². The number of hydrogen-bond donors (Lipinski definition) is 3. The fraction of sp³-hybridized carbons (Fsp3) is 0.562. The van der Waals surface area contributed by atoms with Crippen LogP contribution >= 0.6 is 0 Å². The van der Waals surface area contributed by atoms with Crippen molar-refractivity contribution in [3.05, 3.63) is 36.8 Å². The van der Waals surface area contributed by atoms with Crippen molar-refractivity contribution >= 4 is 5.96 Å². The van der Waals surface area contributed by atoms with Crippen molar-refractivity contribution in [3.63, 3.8) is 0 Å². The molecule has 3 N–H and O–H groups in total. The van der Waals surface area contributed by atoms with E-state index in [2.05, 4.69) is 22.2 Å². The van der Waals surface area contributed by atoms with Crippen molar-refractivity contribution in [2.24, 2.45) is 4.99 Å². The van der Waals surface area contributed by atoms with E-state index in [1.807, 2.05) is 31.1 Å². The van der Waals surface area contributed by atoms with E-state index in [0.717, 1.165) is 12.2 Å². The molecule has 0 aromatic carbocycles. The van der Waals surface area contributed by atoms with Gasteiger partial charge in [-0.25, -0.2) is 0 Å². The number of aliphatic imine (C=N–C) groups is 1. The third kappa shape index (κ3) is 7.85. The van der Waals surface area contributed by atoms with E-state index in [0.29, 0.717) is 32.1 Å². The van der Waals surface area contributed by atoms with E-state index < -0.39 is 5.60 Å². The maximum absolute atomic E-state index is 10.3. The monoisotopic (exact) mass is 308 g/mol. The Morgan fingerprint density at radius 2 is 2.27 bits per heavy atom. The van der Waals surface area contributed by atoms with Gasteiger partial charge in [0.25, 0.3) is 0 Å². The minimum atomic E-state index is -0.868. The Hall–Kier alpha value is -1.79. The molecule has 0 aliphatic heterocycles. The van der Waals surface area contributed by atoms with Crippen LogP contribution in [0.2, 0.25) is 0 Å². The Balaban J connectivity index is 2.50. The molecule has 1 aromatic rings. The van der Waals surface area contributed by atoms with Gasteiger partial charge in [-0.2, -0.15) is 0 Å². The van der Waals surface area contributed by atoms with Crippen LogP contribution in [0.5, 0.6) is 0 Å². The Labute approximate surface area is 132 Å². The summed E-state index contributed by atoms with van der Waals surface area (Å²) in [6, 6.07) is 3.82. The summed E-state index contributed by atoms with van der Waals surface area (Å²) in [6.45, 7) is 7.65. The molecule has 124 valence electrons. The average molecular weight is 308 g/mol. The van der Waals surface area contributed by atoms with Crippen molar-refractivity contribution < 1.29 is 9.52 Å². The average Bonchev–Trinajstić information content (AvgIpc) is 2.93. The molecule has 0 bridgehead atoms. The first-order chi connectivity index (χ1) is 10.4. The van der Waals surface area contributed by atoms with Gasteiger partial charge in [0.05, 0.1) is 18.4 Å². The predicted octanol–water partition coefficient (Wildman–Crippen LogP) is 0.856. The maximum Gasteiger partial charge on any atom is 0.191 e. The van der Waals surface area contributed by atoms with Gasteiger partial charge in [0.2, 0.25) is 0 Å². The number of guanidine groups is 1. The highest BCUT2D eigenvalue weighted by molar-refractivity contribution is 5.79. The molecule has 22 heavy (non-hydrogen) atoms. The number of likely N-dealkylation sites (N-methyl/N-ethyl adjacent to an activating group) is 1. The lowest BCUT2D eigenvalue weighted by atomic mass is 10.1. The van der Waals surface area contributed by atoms with E-state index in [1.54, 1.807) is 19.3 Å². The Morgan fingerprint density at radius 1 is 1.50 bits per heavy atom. The zero-order valence-corrected chi connectivity index (χ0v) is 13.8. The minimum absolute atomic E-state index is 0.318. The van der Waals surface area contributed by atoms with Crippen molar-refractivity contribution in [2.75, 3.05) is 40.3 Å². The smallest absolute Gasteiger partial charge is 0.191 e. The molecule has 0 fully saturated rings. The van der Waals surface area contributed by atoms with Gasteiger partial charge in [-0.3, -0.25) is 4.99 Å². The van der Waals surface area contributed by atoms with Crippen molar-refractivity contribution in [3.8, 4) is 0 Å². The molecule has 6 heteroatoms. The summed E-state index contributed by atoms with van der Waals surface area (Å²) in [5, 5.41) is 16.7. The number of rotatable bonds is 9. The van der Waals surface area contributed by atoms with Crippen LogP contribution in [0.15, 0.2) is 40.5 Å². The predicted molar refractivity (Wildman–Crippen MR) is 90.1 cm³/mol. The van der Waals surface area contributed by atoms with Crippen LogP contribution in [0.3, 0.4) is 0 Å². The summed E-state index contributed by atoms with van der Waals surface area (Å²) < 4.78 is 5.29. The molecule has 1 rings (SSSR count). The second-order valence-corrected chi connectivity index (χ2v) is 5.83. The number of nitrogens with one attached hydrogen (secondary N) is 2. The second-order valence-electron chi connectivity index (χ2n) is 5.83. The molecule has 0 amide bonds. The Bertz CT molecular complexity index is 453. The minimum Gasteiger partial charge on any atom is -0.469 e. The van der Waals surface area contributed by atoms with Gasteiger partial charge in [-0.1, -0.05) is 6.08 Å². The fourth-order valence-electron chi connectivity index (χ4n) is 2.08. The highest BCUT2D eigenvalue weighted by Crippen LogP contribution is 2.05. The number of furan rings is 1. The zero-order chi connectivity index (χ0) is 16.4. The van der Waals surface area contributed by atoms with Crippen LogP contribution < -0.4 is 10.6 Å². The quantitative estimate of drug-likeness (QED) is 0.358. The Kier molecular flexibility index (Phi) is 7.70. The molecule has 1 aromatic heterocycles. The van der Waals surface area contributed by atoms with E-state index in [-0.39, 0.29) is 0 Å². The molecule has 1 atom stereocenters. The summed E-state index contributed by atoms with van der Waals surface area (Å²) in [5.74, 6) is 1.58. The molecular weight excluding hydrogens is 280 g/mol. The fourth-order valence-corrected chi connectivity index (χ4v) is 2.08. The van der Waals surface area contributed by atoms with Gasteiger partial charge in [0.1, 0.15) is 5.76 Å². The number of aliphatic hydroxyl groups is 1. The summed E-state index contributed by atoms with van der Waals surface area (Å²) in [5.41, 5.74) is -0.868. The molecule has 0 saturated carbocycles. The highest BCUT2D eigenvalue weighted by atomic mass is 16.3.